The van der Waals surface area contributed by atoms with E-state index in [1.807, 2.05) is 0 Å². The second-order valence-electron chi connectivity index (χ2n) is 8.22. The third kappa shape index (κ3) is 2.68. The Morgan fingerprint density at radius 2 is 1.94 bits per heavy atom. The van der Waals surface area contributed by atoms with Crippen molar-refractivity contribution < 1.29 is 23.9 Å². The van der Waals surface area contributed by atoms with Gasteiger partial charge in [0.2, 0.25) is 17.7 Å². The lowest BCUT2D eigenvalue weighted by molar-refractivity contribution is -0.143. The molecule has 7 nitrogen and oxygen atoms in total. The number of fused-ring (bicyclic) bond motifs is 4. The van der Waals surface area contributed by atoms with Gasteiger partial charge in [-0.3, -0.25) is 24.6 Å². The number of likely N-dealkylation sites (tertiary alicyclic amines) is 1. The van der Waals surface area contributed by atoms with Gasteiger partial charge < -0.3 is 10.4 Å². The molecule has 3 N–H and O–H groups in total. The van der Waals surface area contributed by atoms with Crippen LogP contribution in [0.3, 0.4) is 0 Å². The van der Waals surface area contributed by atoms with E-state index in [0.717, 1.165) is 4.90 Å². The monoisotopic (exact) mass is 443 g/mol. The summed E-state index contributed by atoms with van der Waals surface area (Å²) in [6.45, 7) is 1.44. The second kappa shape index (κ2) is 6.85. The molecular formula is C22H19ClFN3O4. The molecule has 3 heterocycles. The van der Waals surface area contributed by atoms with Crippen molar-refractivity contribution >= 4 is 35.0 Å². The minimum Gasteiger partial charge on any atom is -0.392 e. The minimum atomic E-state index is -1.65. The normalized spacial score (nSPS) is 30.0. The van der Waals surface area contributed by atoms with Crippen LogP contribution in [0.25, 0.3) is 0 Å². The fraction of sp³-hybridized carbons (Fsp3) is 0.318. The molecule has 5 rings (SSSR count). The van der Waals surface area contributed by atoms with Crippen molar-refractivity contribution in [2.75, 3.05) is 5.32 Å². The third-order valence-corrected chi connectivity index (χ3v) is 6.88. The van der Waals surface area contributed by atoms with E-state index in [1.54, 1.807) is 24.3 Å². The Labute approximate surface area is 182 Å². The van der Waals surface area contributed by atoms with Crippen LogP contribution in [0.4, 0.5) is 10.1 Å². The van der Waals surface area contributed by atoms with Crippen LogP contribution in [-0.4, -0.2) is 39.9 Å². The van der Waals surface area contributed by atoms with Crippen molar-refractivity contribution in [3.8, 4) is 0 Å². The number of amides is 3. The zero-order chi connectivity index (χ0) is 22.1. The van der Waals surface area contributed by atoms with Gasteiger partial charge in [0.15, 0.2) is 0 Å². The van der Waals surface area contributed by atoms with Crippen molar-refractivity contribution in [3.63, 3.8) is 0 Å². The van der Waals surface area contributed by atoms with Crippen LogP contribution in [0, 0.1) is 17.7 Å². The van der Waals surface area contributed by atoms with Crippen molar-refractivity contribution in [1.29, 1.82) is 0 Å². The number of carbonyl (C=O) groups is 3. The summed E-state index contributed by atoms with van der Waals surface area (Å²) in [7, 11) is 0. The van der Waals surface area contributed by atoms with Gasteiger partial charge in [0.1, 0.15) is 11.4 Å². The first-order valence-corrected chi connectivity index (χ1v) is 10.3. The van der Waals surface area contributed by atoms with Crippen LogP contribution < -0.4 is 10.6 Å². The summed E-state index contributed by atoms with van der Waals surface area (Å²) >= 11 is 6.22. The lowest BCUT2D eigenvalue weighted by Crippen LogP contribution is -2.54. The molecule has 3 aliphatic heterocycles. The SMILES string of the molecule is CC(O)C1NC2(C(=O)Nc3ccc(F)cc32)[C@@H]2C(=O)N(Cc3ccccc3Cl)C(=O)[C@H]12. The van der Waals surface area contributed by atoms with E-state index in [9.17, 15) is 23.9 Å². The van der Waals surface area contributed by atoms with Gasteiger partial charge >= 0.3 is 0 Å². The molecule has 5 atom stereocenters. The highest BCUT2D eigenvalue weighted by molar-refractivity contribution is 6.31. The number of benzene rings is 2. The molecule has 0 saturated carbocycles. The highest BCUT2D eigenvalue weighted by Crippen LogP contribution is 2.53. The molecule has 0 aromatic heterocycles. The molecule has 3 unspecified atom stereocenters. The molecule has 0 radical (unpaired) electrons. The first kappa shape index (κ1) is 20.1. The van der Waals surface area contributed by atoms with E-state index in [0.29, 0.717) is 16.3 Å². The number of imide groups is 1. The van der Waals surface area contributed by atoms with Gasteiger partial charge in [-0.15, -0.1) is 0 Å². The fourth-order valence-electron chi connectivity index (χ4n) is 5.13. The molecule has 3 amide bonds. The van der Waals surface area contributed by atoms with E-state index in [1.165, 1.54) is 25.1 Å². The molecular weight excluding hydrogens is 425 g/mol. The van der Waals surface area contributed by atoms with Gasteiger partial charge in [0, 0.05) is 22.3 Å². The highest BCUT2D eigenvalue weighted by Gasteiger charge is 2.71. The van der Waals surface area contributed by atoms with E-state index in [4.69, 9.17) is 11.6 Å². The lowest BCUT2D eigenvalue weighted by atomic mass is 9.76. The number of anilines is 1. The first-order valence-electron chi connectivity index (χ1n) is 9.91. The van der Waals surface area contributed by atoms with E-state index >= 15 is 0 Å². The zero-order valence-electron chi connectivity index (χ0n) is 16.4. The second-order valence-corrected chi connectivity index (χ2v) is 8.63. The standard InChI is InChI=1S/C22H19ClFN3O4/c1-10(28)18-16-17(20(30)27(19(16)29)9-11-4-2-3-5-14(11)23)22(26-18)13-8-12(24)6-7-15(13)25-21(22)31/h2-8,10,16-18,26,28H,9H2,1H3,(H,25,31)/t10?,16-,17-,18?,22?/m0/s1. The molecule has 2 fully saturated rings. The Bertz CT molecular complexity index is 1140. The summed E-state index contributed by atoms with van der Waals surface area (Å²) in [6.07, 6.45) is -1.03. The van der Waals surface area contributed by atoms with Gasteiger partial charge in [-0.25, -0.2) is 4.39 Å². The van der Waals surface area contributed by atoms with Gasteiger partial charge in [-0.2, -0.15) is 0 Å². The van der Waals surface area contributed by atoms with Crippen molar-refractivity contribution in [1.82, 2.24) is 10.2 Å². The summed E-state index contributed by atoms with van der Waals surface area (Å²) in [5.74, 6) is -4.27. The number of hydrogen-bond donors (Lipinski definition) is 3. The predicted octanol–water partition coefficient (Wildman–Crippen LogP) is 1.78. The quantitative estimate of drug-likeness (QED) is 0.628. The predicted molar refractivity (Wildman–Crippen MR) is 109 cm³/mol. The maximum atomic E-state index is 14.1. The average molecular weight is 444 g/mol. The van der Waals surface area contributed by atoms with Crippen molar-refractivity contribution in [3.05, 3.63) is 64.4 Å². The van der Waals surface area contributed by atoms with Gasteiger partial charge in [0.25, 0.3) is 0 Å². The molecule has 3 aliphatic rings. The van der Waals surface area contributed by atoms with Crippen molar-refractivity contribution in [2.24, 2.45) is 11.8 Å². The number of aliphatic hydroxyl groups is 1. The highest BCUT2D eigenvalue weighted by atomic mass is 35.5. The van der Waals surface area contributed by atoms with Crippen LogP contribution >= 0.6 is 11.6 Å². The molecule has 0 bridgehead atoms. The molecule has 2 saturated heterocycles. The fourth-order valence-corrected chi connectivity index (χ4v) is 5.33. The van der Waals surface area contributed by atoms with Crippen LogP contribution in [0.2, 0.25) is 5.02 Å². The third-order valence-electron chi connectivity index (χ3n) is 6.51. The molecule has 160 valence electrons. The summed E-state index contributed by atoms with van der Waals surface area (Å²) in [6, 6.07) is 9.82. The first-order chi connectivity index (χ1) is 14.8. The molecule has 1 spiro atoms. The molecule has 2 aromatic carbocycles. The number of nitrogens with one attached hydrogen (secondary N) is 2. The number of nitrogens with zero attached hydrogens (tertiary/aromatic N) is 1. The number of carbonyl (C=O) groups excluding carboxylic acids is 3. The Morgan fingerprint density at radius 3 is 2.65 bits per heavy atom. The number of aliphatic hydroxyl groups excluding tert-OH is 1. The van der Waals surface area contributed by atoms with Gasteiger partial charge in [-0.1, -0.05) is 29.8 Å². The zero-order valence-corrected chi connectivity index (χ0v) is 17.2. The smallest absolute Gasteiger partial charge is 0.250 e. The molecule has 0 aliphatic carbocycles. The summed E-state index contributed by atoms with van der Waals surface area (Å²) in [4.78, 5) is 41.2. The minimum absolute atomic E-state index is 0.0510. The maximum Gasteiger partial charge on any atom is 0.250 e. The number of halogens is 2. The summed E-state index contributed by atoms with van der Waals surface area (Å²) in [5, 5.41) is 16.5. The van der Waals surface area contributed by atoms with E-state index in [-0.39, 0.29) is 12.1 Å². The largest absolute Gasteiger partial charge is 0.392 e. The average Bonchev–Trinajstić information content (AvgIpc) is 3.31. The molecule has 9 heteroatoms. The van der Waals surface area contributed by atoms with Gasteiger partial charge in [-0.05, 0) is 36.8 Å². The Kier molecular flexibility index (Phi) is 4.44. The Balaban J connectivity index is 1.63. The molecule has 2 aromatic rings. The summed E-state index contributed by atoms with van der Waals surface area (Å²) in [5.41, 5.74) is -0.431. The van der Waals surface area contributed by atoms with E-state index < -0.39 is 53.1 Å². The van der Waals surface area contributed by atoms with Crippen LogP contribution in [0.5, 0.6) is 0 Å². The number of hydrogen-bond acceptors (Lipinski definition) is 5. The van der Waals surface area contributed by atoms with Crippen LogP contribution in [0.15, 0.2) is 42.5 Å². The lowest BCUT2D eigenvalue weighted by Gasteiger charge is -2.30. The topological polar surface area (TPSA) is 98.7 Å². The van der Waals surface area contributed by atoms with E-state index in [2.05, 4.69) is 10.6 Å². The van der Waals surface area contributed by atoms with Crippen molar-refractivity contribution in [2.45, 2.75) is 31.2 Å². The Morgan fingerprint density at radius 1 is 1.19 bits per heavy atom. The summed E-state index contributed by atoms with van der Waals surface area (Å²) < 4.78 is 14.1. The number of rotatable bonds is 3. The molecule has 31 heavy (non-hydrogen) atoms. The maximum absolute atomic E-state index is 14.1. The Hall–Kier alpha value is -2.81. The van der Waals surface area contributed by atoms with Gasteiger partial charge in [0.05, 0.1) is 24.5 Å². The van der Waals surface area contributed by atoms with Crippen LogP contribution in [0.1, 0.15) is 18.1 Å². The van der Waals surface area contributed by atoms with Crippen LogP contribution in [-0.2, 0) is 26.5 Å².